The van der Waals surface area contributed by atoms with Gasteiger partial charge in [-0.15, -0.1) is 0 Å². The van der Waals surface area contributed by atoms with Gasteiger partial charge in [0.25, 0.3) is 0 Å². The fourth-order valence-corrected chi connectivity index (χ4v) is 3.80. The average molecular weight is 318 g/mol. The highest BCUT2D eigenvalue weighted by Gasteiger charge is 2.35. The molecule has 5 heteroatoms. The molecular formula is C18H26N2O3. The van der Waals surface area contributed by atoms with E-state index in [9.17, 15) is 4.79 Å². The summed E-state index contributed by atoms with van der Waals surface area (Å²) in [5.74, 6) is 2.36. The number of ether oxygens (including phenoxy) is 2. The van der Waals surface area contributed by atoms with Crippen molar-refractivity contribution in [3.05, 3.63) is 23.8 Å². The molecule has 1 saturated heterocycles. The van der Waals surface area contributed by atoms with E-state index in [2.05, 4.69) is 0 Å². The summed E-state index contributed by atoms with van der Waals surface area (Å²) < 4.78 is 10.7. The molecule has 2 aliphatic rings. The highest BCUT2D eigenvalue weighted by atomic mass is 16.5. The fourth-order valence-electron chi connectivity index (χ4n) is 3.80. The van der Waals surface area contributed by atoms with E-state index in [0.29, 0.717) is 5.92 Å². The van der Waals surface area contributed by atoms with Crippen molar-refractivity contribution < 1.29 is 14.3 Å². The molecule has 0 aromatic heterocycles. The molecule has 2 N–H and O–H groups in total. The van der Waals surface area contributed by atoms with Crippen LogP contribution in [0.3, 0.4) is 0 Å². The summed E-state index contributed by atoms with van der Waals surface area (Å²) >= 11 is 0. The Labute approximate surface area is 137 Å². The number of hydrogen-bond acceptors (Lipinski definition) is 4. The first-order valence-electron chi connectivity index (χ1n) is 8.38. The Hall–Kier alpha value is -1.75. The van der Waals surface area contributed by atoms with Crippen molar-refractivity contribution in [2.45, 2.75) is 37.6 Å². The maximum Gasteiger partial charge on any atom is 0.225 e. The van der Waals surface area contributed by atoms with Crippen LogP contribution < -0.4 is 15.2 Å². The summed E-state index contributed by atoms with van der Waals surface area (Å²) in [4.78, 5) is 14.7. The van der Waals surface area contributed by atoms with Gasteiger partial charge in [0.05, 0.1) is 14.2 Å². The molecule has 0 radical (unpaired) electrons. The molecule has 3 atom stereocenters. The number of rotatable bonds is 4. The molecular weight excluding hydrogens is 292 g/mol. The first kappa shape index (κ1) is 16.1. The first-order valence-corrected chi connectivity index (χ1v) is 8.38. The molecule has 2 fully saturated rings. The minimum Gasteiger partial charge on any atom is -0.497 e. The summed E-state index contributed by atoms with van der Waals surface area (Å²) in [6, 6.07) is 6.17. The average Bonchev–Trinajstić information content (AvgIpc) is 3.22. The Morgan fingerprint density at radius 2 is 1.83 bits per heavy atom. The van der Waals surface area contributed by atoms with Crippen LogP contribution in [0.1, 0.15) is 37.2 Å². The van der Waals surface area contributed by atoms with Crippen LogP contribution in [-0.4, -0.2) is 44.2 Å². The Morgan fingerprint density at radius 1 is 1.13 bits per heavy atom. The molecule has 126 valence electrons. The Morgan fingerprint density at radius 3 is 2.39 bits per heavy atom. The predicted molar refractivity (Wildman–Crippen MR) is 88.8 cm³/mol. The molecule has 1 saturated carbocycles. The van der Waals surface area contributed by atoms with E-state index >= 15 is 0 Å². The van der Waals surface area contributed by atoms with E-state index in [1.54, 1.807) is 14.2 Å². The number of amides is 1. The van der Waals surface area contributed by atoms with E-state index in [0.717, 1.165) is 50.3 Å². The molecule has 1 aliphatic carbocycles. The minimum absolute atomic E-state index is 0.128. The van der Waals surface area contributed by atoms with Gasteiger partial charge in [0.2, 0.25) is 5.91 Å². The maximum atomic E-state index is 12.6. The van der Waals surface area contributed by atoms with E-state index in [1.165, 1.54) is 5.56 Å². The number of benzene rings is 1. The van der Waals surface area contributed by atoms with Crippen molar-refractivity contribution in [1.29, 1.82) is 0 Å². The highest BCUT2D eigenvalue weighted by molar-refractivity contribution is 5.79. The Bertz CT molecular complexity index is 553. The third-order valence-electron chi connectivity index (χ3n) is 5.17. The molecule has 1 aromatic rings. The SMILES string of the molecule is COc1cc(OC)cc([C@@H]2CCN(C(=O)[C@H]3CC[C@@H](N)C3)C2)c1. The molecule has 3 rings (SSSR count). The van der Waals surface area contributed by atoms with Gasteiger partial charge in [0.1, 0.15) is 11.5 Å². The van der Waals surface area contributed by atoms with Gasteiger partial charge in [-0.2, -0.15) is 0 Å². The van der Waals surface area contributed by atoms with Crippen LogP contribution in [0, 0.1) is 5.92 Å². The zero-order valence-electron chi connectivity index (χ0n) is 14.0. The zero-order chi connectivity index (χ0) is 16.4. The molecule has 5 nitrogen and oxygen atoms in total. The summed E-state index contributed by atoms with van der Waals surface area (Å²) in [6.45, 7) is 1.61. The van der Waals surface area contributed by atoms with Crippen molar-refractivity contribution in [2.75, 3.05) is 27.3 Å². The lowest BCUT2D eigenvalue weighted by Crippen LogP contribution is -2.34. The fraction of sp³-hybridized carbons (Fsp3) is 0.611. The van der Waals surface area contributed by atoms with E-state index in [4.69, 9.17) is 15.2 Å². The van der Waals surface area contributed by atoms with Crippen molar-refractivity contribution >= 4 is 5.91 Å². The van der Waals surface area contributed by atoms with Gasteiger partial charge in [-0.25, -0.2) is 0 Å². The van der Waals surface area contributed by atoms with Crippen LogP contribution >= 0.6 is 0 Å². The van der Waals surface area contributed by atoms with Gasteiger partial charge < -0.3 is 20.1 Å². The number of carbonyl (C=O) groups excluding carboxylic acids is 1. The van der Waals surface area contributed by atoms with E-state index in [1.807, 2.05) is 23.1 Å². The smallest absolute Gasteiger partial charge is 0.225 e. The molecule has 1 aromatic carbocycles. The first-order chi connectivity index (χ1) is 11.1. The summed E-state index contributed by atoms with van der Waals surface area (Å²) in [5, 5.41) is 0. The minimum atomic E-state index is 0.128. The number of hydrogen-bond donors (Lipinski definition) is 1. The summed E-state index contributed by atoms with van der Waals surface area (Å²) in [7, 11) is 3.32. The lowest BCUT2D eigenvalue weighted by molar-refractivity contribution is -0.134. The highest BCUT2D eigenvalue weighted by Crippen LogP contribution is 2.35. The van der Waals surface area contributed by atoms with Crippen LogP contribution in [-0.2, 0) is 4.79 Å². The number of nitrogens with two attached hydrogens (primary N) is 1. The molecule has 1 amide bonds. The Kier molecular flexibility index (Phi) is 4.76. The zero-order valence-corrected chi connectivity index (χ0v) is 14.0. The van der Waals surface area contributed by atoms with Crippen LogP contribution in [0.5, 0.6) is 11.5 Å². The summed E-state index contributed by atoms with van der Waals surface area (Å²) in [6.07, 6.45) is 3.74. The number of carbonyl (C=O) groups is 1. The lowest BCUT2D eigenvalue weighted by atomic mass is 9.98. The maximum absolute atomic E-state index is 12.6. The van der Waals surface area contributed by atoms with Crippen molar-refractivity contribution in [3.8, 4) is 11.5 Å². The topological polar surface area (TPSA) is 64.8 Å². The quantitative estimate of drug-likeness (QED) is 0.924. The van der Waals surface area contributed by atoms with Crippen molar-refractivity contribution in [3.63, 3.8) is 0 Å². The molecule has 0 spiro atoms. The van der Waals surface area contributed by atoms with Gasteiger partial charge in [0, 0.05) is 37.0 Å². The van der Waals surface area contributed by atoms with Crippen LogP contribution in [0.4, 0.5) is 0 Å². The van der Waals surface area contributed by atoms with Crippen LogP contribution in [0.15, 0.2) is 18.2 Å². The van der Waals surface area contributed by atoms with Crippen molar-refractivity contribution in [2.24, 2.45) is 11.7 Å². The third kappa shape index (κ3) is 3.44. The van der Waals surface area contributed by atoms with Crippen molar-refractivity contribution in [1.82, 2.24) is 4.90 Å². The number of likely N-dealkylation sites (tertiary alicyclic amines) is 1. The largest absolute Gasteiger partial charge is 0.497 e. The number of methoxy groups -OCH3 is 2. The van der Waals surface area contributed by atoms with Crippen LogP contribution in [0.25, 0.3) is 0 Å². The lowest BCUT2D eigenvalue weighted by Gasteiger charge is -2.21. The van der Waals surface area contributed by atoms with Gasteiger partial charge in [-0.05, 0) is 43.4 Å². The van der Waals surface area contributed by atoms with E-state index in [-0.39, 0.29) is 17.9 Å². The third-order valence-corrected chi connectivity index (χ3v) is 5.17. The molecule has 0 unspecified atom stereocenters. The second kappa shape index (κ2) is 6.79. The van der Waals surface area contributed by atoms with Gasteiger partial charge in [-0.3, -0.25) is 4.79 Å². The second-order valence-electron chi connectivity index (χ2n) is 6.69. The van der Waals surface area contributed by atoms with E-state index < -0.39 is 0 Å². The van der Waals surface area contributed by atoms with Gasteiger partial charge >= 0.3 is 0 Å². The normalized spacial score (nSPS) is 27.3. The monoisotopic (exact) mass is 318 g/mol. The molecule has 1 aliphatic heterocycles. The number of nitrogens with zero attached hydrogens (tertiary/aromatic N) is 1. The van der Waals surface area contributed by atoms with Gasteiger partial charge in [0.15, 0.2) is 0 Å². The molecule has 23 heavy (non-hydrogen) atoms. The van der Waals surface area contributed by atoms with Crippen LogP contribution in [0.2, 0.25) is 0 Å². The Balaban J connectivity index is 1.68. The summed E-state index contributed by atoms with van der Waals surface area (Å²) in [5.41, 5.74) is 7.13. The standard InChI is InChI=1S/C18H26N2O3/c1-22-16-8-14(9-17(10-16)23-2)13-5-6-20(11-13)18(21)12-3-4-15(19)7-12/h8-10,12-13,15H,3-7,11,19H2,1-2H3/t12-,13+,15+/m0/s1. The second-order valence-corrected chi connectivity index (χ2v) is 6.69. The predicted octanol–water partition coefficient (Wildman–Crippen LogP) is 2.15. The molecule has 1 heterocycles. The van der Waals surface area contributed by atoms with Gasteiger partial charge in [-0.1, -0.05) is 0 Å². The molecule has 0 bridgehead atoms.